The molecule has 0 fully saturated rings. The minimum Gasteiger partial charge on any atom is -0.494 e. The molecule has 0 aliphatic heterocycles. The van der Waals surface area contributed by atoms with Crippen LogP contribution >= 0.6 is 58.6 Å². The molecule has 1 amide bonds. The normalized spacial score (nSPS) is 12.2. The summed E-state index contributed by atoms with van der Waals surface area (Å²) < 4.78 is 3.53. The fourth-order valence-corrected chi connectivity index (χ4v) is 2.14. The summed E-state index contributed by atoms with van der Waals surface area (Å²) in [6, 6.07) is 7.13. The highest BCUT2D eigenvalue weighted by molar-refractivity contribution is 7.80. The molecule has 0 aliphatic rings. The molecule has 3 N–H and O–H groups in total. The van der Waals surface area contributed by atoms with Crippen LogP contribution in [0.3, 0.4) is 0 Å². The number of hydrogen-bond donors (Lipinski definition) is 3. The van der Waals surface area contributed by atoms with Crippen molar-refractivity contribution >= 4 is 75.3 Å². The van der Waals surface area contributed by atoms with Crippen LogP contribution in [0.15, 0.2) is 24.3 Å². The first kappa shape index (κ1) is 20.4. The Kier molecular flexibility index (Phi) is 8.50. The molecule has 5 nitrogen and oxygen atoms in total. The number of amides is 1. The number of thiocarbonyl (C=S) groups is 1. The van der Waals surface area contributed by atoms with E-state index in [1.807, 2.05) is 6.92 Å². The molecule has 10 heteroatoms. The standard InChI is InChI=1S/C13H15Cl4N3O2S/c1-2-22-9-5-3-8(4-6-9)18-12(23)20-11(13(15,16)17)19-10(21)7-14/h3-6,11H,2,7H2,1H3,(H,19,21)(H2,18,20,23)/t11-/m1/s1. The van der Waals surface area contributed by atoms with Crippen molar-refractivity contribution in [1.82, 2.24) is 10.6 Å². The van der Waals surface area contributed by atoms with E-state index in [-0.39, 0.29) is 11.0 Å². The predicted octanol–water partition coefficient (Wildman–Crippen LogP) is 3.42. The number of alkyl halides is 4. The number of rotatable bonds is 6. The number of nitrogens with one attached hydrogen (secondary N) is 3. The van der Waals surface area contributed by atoms with Crippen molar-refractivity contribution < 1.29 is 9.53 Å². The van der Waals surface area contributed by atoms with Gasteiger partial charge in [-0.05, 0) is 43.4 Å². The van der Waals surface area contributed by atoms with E-state index in [1.54, 1.807) is 24.3 Å². The zero-order valence-electron chi connectivity index (χ0n) is 12.0. The van der Waals surface area contributed by atoms with Crippen LogP contribution < -0.4 is 20.7 Å². The Balaban J connectivity index is 2.66. The SMILES string of the molecule is CCOc1ccc(NC(=S)N[C@@H](NC(=O)CCl)C(Cl)(Cl)Cl)cc1. The number of carbonyl (C=O) groups is 1. The van der Waals surface area contributed by atoms with E-state index in [2.05, 4.69) is 16.0 Å². The lowest BCUT2D eigenvalue weighted by molar-refractivity contribution is -0.119. The highest BCUT2D eigenvalue weighted by atomic mass is 35.6. The summed E-state index contributed by atoms with van der Waals surface area (Å²) >= 11 is 28.0. The van der Waals surface area contributed by atoms with Gasteiger partial charge in [0, 0.05) is 5.69 Å². The lowest BCUT2D eigenvalue weighted by atomic mass is 10.3. The average Bonchev–Trinajstić information content (AvgIpc) is 2.47. The maximum Gasteiger partial charge on any atom is 0.236 e. The molecule has 0 saturated carbocycles. The average molecular weight is 419 g/mol. The van der Waals surface area contributed by atoms with Crippen molar-refractivity contribution in [2.45, 2.75) is 16.9 Å². The molecule has 1 aromatic rings. The number of halogens is 4. The molecule has 23 heavy (non-hydrogen) atoms. The fraction of sp³-hybridized carbons (Fsp3) is 0.385. The summed E-state index contributed by atoms with van der Waals surface area (Å²) in [7, 11) is 0. The molecule has 0 spiro atoms. The first-order valence-electron chi connectivity index (χ1n) is 6.48. The molecule has 0 aliphatic carbocycles. The molecule has 0 saturated heterocycles. The minimum atomic E-state index is -1.81. The lowest BCUT2D eigenvalue weighted by Gasteiger charge is -2.27. The molecule has 0 heterocycles. The van der Waals surface area contributed by atoms with Gasteiger partial charge in [0.2, 0.25) is 9.70 Å². The molecular weight excluding hydrogens is 404 g/mol. The molecular formula is C13H15Cl4N3O2S. The minimum absolute atomic E-state index is 0.167. The Morgan fingerprint density at radius 3 is 2.35 bits per heavy atom. The van der Waals surface area contributed by atoms with Gasteiger partial charge in [0.25, 0.3) is 0 Å². The van der Waals surface area contributed by atoms with Gasteiger partial charge in [0.05, 0.1) is 6.61 Å². The topological polar surface area (TPSA) is 62.4 Å². The smallest absolute Gasteiger partial charge is 0.236 e. The van der Waals surface area contributed by atoms with E-state index in [0.29, 0.717) is 12.3 Å². The summed E-state index contributed by atoms with van der Waals surface area (Å²) in [6.07, 6.45) is -1.04. The van der Waals surface area contributed by atoms with Gasteiger partial charge >= 0.3 is 0 Å². The maximum atomic E-state index is 11.4. The Morgan fingerprint density at radius 2 is 1.87 bits per heavy atom. The van der Waals surface area contributed by atoms with Gasteiger partial charge in [-0.15, -0.1) is 11.6 Å². The van der Waals surface area contributed by atoms with Crippen molar-refractivity contribution in [2.75, 3.05) is 17.8 Å². The van der Waals surface area contributed by atoms with Gasteiger partial charge in [-0.2, -0.15) is 0 Å². The fourth-order valence-electron chi connectivity index (χ4n) is 1.50. The molecule has 0 bridgehead atoms. The first-order chi connectivity index (χ1) is 10.8. The number of ether oxygens (including phenoxy) is 1. The van der Waals surface area contributed by atoms with Crippen LogP contribution in [0.2, 0.25) is 0 Å². The third-order valence-corrected chi connectivity index (χ3v) is 3.57. The number of benzene rings is 1. The van der Waals surface area contributed by atoms with Crippen LogP contribution in [-0.4, -0.2) is 33.5 Å². The molecule has 0 radical (unpaired) electrons. The summed E-state index contributed by atoms with van der Waals surface area (Å²) in [4.78, 5) is 11.4. The summed E-state index contributed by atoms with van der Waals surface area (Å²) in [5.41, 5.74) is 0.706. The first-order valence-corrected chi connectivity index (χ1v) is 8.56. The van der Waals surface area contributed by atoms with Crippen LogP contribution in [-0.2, 0) is 4.79 Å². The molecule has 1 aromatic carbocycles. The summed E-state index contributed by atoms with van der Waals surface area (Å²) in [5.74, 6) is -0.0253. The van der Waals surface area contributed by atoms with Crippen LogP contribution in [0.5, 0.6) is 5.75 Å². The second-order valence-electron chi connectivity index (χ2n) is 4.23. The van der Waals surface area contributed by atoms with Gasteiger partial charge in [0.1, 0.15) is 17.8 Å². The van der Waals surface area contributed by atoms with Crippen LogP contribution in [0.4, 0.5) is 5.69 Å². The van der Waals surface area contributed by atoms with E-state index in [0.717, 1.165) is 5.75 Å². The van der Waals surface area contributed by atoms with E-state index >= 15 is 0 Å². The Hall–Kier alpha value is -0.660. The van der Waals surface area contributed by atoms with Gasteiger partial charge in [0.15, 0.2) is 5.11 Å². The maximum absolute atomic E-state index is 11.4. The van der Waals surface area contributed by atoms with Gasteiger partial charge in [-0.25, -0.2) is 0 Å². The van der Waals surface area contributed by atoms with Crippen LogP contribution in [0.1, 0.15) is 6.92 Å². The van der Waals surface area contributed by atoms with Crippen molar-refractivity contribution in [3.63, 3.8) is 0 Å². The zero-order valence-corrected chi connectivity index (χ0v) is 15.9. The third-order valence-electron chi connectivity index (χ3n) is 2.45. The molecule has 1 atom stereocenters. The largest absolute Gasteiger partial charge is 0.494 e. The zero-order chi connectivity index (χ0) is 17.5. The van der Waals surface area contributed by atoms with E-state index in [1.165, 1.54) is 0 Å². The molecule has 128 valence electrons. The van der Waals surface area contributed by atoms with E-state index in [4.69, 9.17) is 63.4 Å². The Labute approximate surface area is 159 Å². The van der Waals surface area contributed by atoms with Gasteiger partial charge in [-0.1, -0.05) is 34.8 Å². The quantitative estimate of drug-likeness (QED) is 0.375. The van der Waals surface area contributed by atoms with E-state index < -0.39 is 15.9 Å². The highest BCUT2D eigenvalue weighted by Gasteiger charge is 2.34. The van der Waals surface area contributed by atoms with Crippen molar-refractivity contribution in [2.24, 2.45) is 0 Å². The molecule has 1 rings (SSSR count). The Bertz CT molecular complexity index is 537. The summed E-state index contributed by atoms with van der Waals surface area (Å²) in [6.45, 7) is 2.48. The van der Waals surface area contributed by atoms with Crippen LogP contribution in [0, 0.1) is 0 Å². The number of hydrogen-bond acceptors (Lipinski definition) is 3. The van der Waals surface area contributed by atoms with Crippen molar-refractivity contribution in [3.05, 3.63) is 24.3 Å². The molecule has 0 unspecified atom stereocenters. The van der Waals surface area contributed by atoms with Gasteiger partial charge < -0.3 is 20.7 Å². The van der Waals surface area contributed by atoms with Crippen molar-refractivity contribution in [1.29, 1.82) is 0 Å². The predicted molar refractivity (Wildman–Crippen MR) is 99.9 cm³/mol. The van der Waals surface area contributed by atoms with Crippen LogP contribution in [0.25, 0.3) is 0 Å². The molecule has 0 aromatic heterocycles. The van der Waals surface area contributed by atoms with Gasteiger partial charge in [-0.3, -0.25) is 4.79 Å². The van der Waals surface area contributed by atoms with E-state index in [9.17, 15) is 4.79 Å². The van der Waals surface area contributed by atoms with Crippen molar-refractivity contribution in [3.8, 4) is 5.75 Å². The third kappa shape index (κ3) is 7.63. The second kappa shape index (κ2) is 9.59. The lowest BCUT2D eigenvalue weighted by Crippen LogP contribution is -2.56. The number of anilines is 1. The monoisotopic (exact) mass is 417 g/mol. The summed E-state index contributed by atoms with van der Waals surface area (Å²) in [5, 5.41) is 8.21. The number of carbonyl (C=O) groups excluding carboxylic acids is 1. The second-order valence-corrected chi connectivity index (χ2v) is 7.28. The Morgan fingerprint density at radius 1 is 1.26 bits per heavy atom. The highest BCUT2D eigenvalue weighted by Crippen LogP contribution is 2.29.